The fraction of sp³-hybridized carbons (Fsp3) is 0.471. The number of hydrogen-bond donors (Lipinski definition) is 1. The third-order valence-electron chi connectivity index (χ3n) is 3.64. The second-order valence-electron chi connectivity index (χ2n) is 5.57. The first-order valence-corrected chi connectivity index (χ1v) is 7.60. The normalized spacial score (nSPS) is 11.7. The average Bonchev–Trinajstić information content (AvgIpc) is 2.89. The monoisotopic (exact) mass is 321 g/mol. The zero-order valence-electron chi connectivity index (χ0n) is 14.3. The number of methoxy groups -OCH3 is 2. The SMILES string of the molecule is CNCc1nc(-c2ccc(F)cc2)c(C(OC)OC)n1C(C)C. The Hall–Kier alpha value is -1.76. The van der Waals surface area contributed by atoms with Gasteiger partial charge < -0.3 is 19.4 Å². The van der Waals surface area contributed by atoms with Crippen LogP contribution >= 0.6 is 0 Å². The van der Waals surface area contributed by atoms with E-state index in [9.17, 15) is 4.39 Å². The van der Waals surface area contributed by atoms with Crippen molar-refractivity contribution >= 4 is 0 Å². The van der Waals surface area contributed by atoms with Gasteiger partial charge in [-0.15, -0.1) is 0 Å². The van der Waals surface area contributed by atoms with E-state index in [0.29, 0.717) is 6.54 Å². The molecule has 5 nitrogen and oxygen atoms in total. The molecule has 0 aliphatic rings. The first-order valence-electron chi connectivity index (χ1n) is 7.60. The van der Waals surface area contributed by atoms with Crippen molar-refractivity contribution in [2.24, 2.45) is 0 Å². The molecular formula is C17H24FN3O2. The third-order valence-corrected chi connectivity index (χ3v) is 3.64. The summed E-state index contributed by atoms with van der Waals surface area (Å²) >= 11 is 0. The lowest BCUT2D eigenvalue weighted by molar-refractivity contribution is -0.110. The molecule has 23 heavy (non-hydrogen) atoms. The van der Waals surface area contributed by atoms with Gasteiger partial charge in [0, 0.05) is 25.8 Å². The minimum atomic E-state index is -0.546. The van der Waals surface area contributed by atoms with Crippen molar-refractivity contribution in [2.75, 3.05) is 21.3 Å². The fourth-order valence-corrected chi connectivity index (χ4v) is 2.72. The lowest BCUT2D eigenvalue weighted by Crippen LogP contribution is -2.18. The van der Waals surface area contributed by atoms with E-state index in [1.165, 1.54) is 12.1 Å². The summed E-state index contributed by atoms with van der Waals surface area (Å²) in [6.45, 7) is 4.79. The summed E-state index contributed by atoms with van der Waals surface area (Å²) in [5, 5.41) is 3.13. The first kappa shape index (κ1) is 17.6. The van der Waals surface area contributed by atoms with Crippen LogP contribution in [-0.4, -0.2) is 30.8 Å². The third kappa shape index (κ3) is 3.60. The molecule has 0 aliphatic heterocycles. The fourth-order valence-electron chi connectivity index (χ4n) is 2.72. The molecule has 0 radical (unpaired) electrons. The summed E-state index contributed by atoms with van der Waals surface area (Å²) in [5.41, 5.74) is 2.41. The molecule has 2 rings (SSSR count). The van der Waals surface area contributed by atoms with E-state index in [1.54, 1.807) is 26.4 Å². The molecule has 0 fully saturated rings. The number of imidazole rings is 1. The van der Waals surface area contributed by atoms with E-state index in [2.05, 4.69) is 23.7 Å². The molecule has 0 saturated carbocycles. The highest BCUT2D eigenvalue weighted by molar-refractivity contribution is 5.63. The highest BCUT2D eigenvalue weighted by Crippen LogP contribution is 2.33. The van der Waals surface area contributed by atoms with Crippen LogP contribution < -0.4 is 5.32 Å². The summed E-state index contributed by atoms with van der Waals surface area (Å²) < 4.78 is 26.3. The second kappa shape index (κ2) is 7.68. The number of halogens is 1. The van der Waals surface area contributed by atoms with E-state index >= 15 is 0 Å². The predicted molar refractivity (Wildman–Crippen MR) is 87.5 cm³/mol. The van der Waals surface area contributed by atoms with Gasteiger partial charge in [0.25, 0.3) is 0 Å². The number of rotatable bonds is 7. The van der Waals surface area contributed by atoms with Crippen LogP contribution in [0, 0.1) is 5.82 Å². The van der Waals surface area contributed by atoms with Crippen LogP contribution in [0.2, 0.25) is 0 Å². The molecule has 0 atom stereocenters. The molecule has 0 amide bonds. The number of ether oxygens (including phenoxy) is 2. The highest BCUT2D eigenvalue weighted by atomic mass is 19.1. The summed E-state index contributed by atoms with van der Waals surface area (Å²) in [5.74, 6) is 0.611. The van der Waals surface area contributed by atoms with Gasteiger partial charge in [-0.25, -0.2) is 9.37 Å². The van der Waals surface area contributed by atoms with Crippen LogP contribution in [0.5, 0.6) is 0 Å². The molecule has 2 aromatic rings. The number of hydrogen-bond acceptors (Lipinski definition) is 4. The number of benzene rings is 1. The molecule has 1 heterocycles. The summed E-state index contributed by atoms with van der Waals surface area (Å²) in [6, 6.07) is 6.48. The predicted octanol–water partition coefficient (Wildman–Crippen LogP) is 3.28. The molecule has 0 spiro atoms. The van der Waals surface area contributed by atoms with Crippen molar-refractivity contribution in [1.82, 2.24) is 14.9 Å². The van der Waals surface area contributed by atoms with Gasteiger partial charge in [-0.1, -0.05) is 0 Å². The lowest BCUT2D eigenvalue weighted by atomic mass is 10.1. The van der Waals surface area contributed by atoms with Crippen molar-refractivity contribution in [2.45, 2.75) is 32.7 Å². The number of nitrogens with one attached hydrogen (secondary N) is 1. The van der Waals surface area contributed by atoms with Crippen LogP contribution in [0.4, 0.5) is 4.39 Å². The highest BCUT2D eigenvalue weighted by Gasteiger charge is 2.26. The maximum Gasteiger partial charge on any atom is 0.200 e. The van der Waals surface area contributed by atoms with Crippen molar-refractivity contribution in [3.63, 3.8) is 0 Å². The van der Waals surface area contributed by atoms with Crippen molar-refractivity contribution in [3.8, 4) is 11.3 Å². The molecule has 1 aromatic heterocycles. The Kier molecular flexibility index (Phi) is 5.87. The Morgan fingerprint density at radius 2 is 1.78 bits per heavy atom. The standard InChI is InChI=1S/C17H24FN3O2/c1-11(2)21-14(10-19-3)20-15(16(21)17(22-4)23-5)12-6-8-13(18)9-7-12/h6-9,11,17,19H,10H2,1-5H3. The van der Waals surface area contributed by atoms with Gasteiger partial charge in [0.15, 0.2) is 0 Å². The van der Waals surface area contributed by atoms with Gasteiger partial charge in [-0.05, 0) is 45.2 Å². The van der Waals surface area contributed by atoms with Crippen LogP contribution in [0.25, 0.3) is 11.3 Å². The molecule has 1 aromatic carbocycles. The Morgan fingerprint density at radius 1 is 1.17 bits per heavy atom. The Balaban J connectivity index is 2.68. The van der Waals surface area contributed by atoms with Gasteiger partial charge >= 0.3 is 0 Å². The molecule has 1 N–H and O–H groups in total. The largest absolute Gasteiger partial charge is 0.350 e. The molecule has 0 bridgehead atoms. The van der Waals surface area contributed by atoms with Gasteiger partial charge in [0.1, 0.15) is 17.3 Å². The van der Waals surface area contributed by atoms with Gasteiger partial charge in [0.05, 0.1) is 12.2 Å². The van der Waals surface area contributed by atoms with Crippen molar-refractivity contribution in [3.05, 3.63) is 41.6 Å². The van der Waals surface area contributed by atoms with E-state index in [1.807, 2.05) is 7.05 Å². The lowest BCUT2D eigenvalue weighted by Gasteiger charge is -2.21. The maximum absolute atomic E-state index is 13.2. The van der Waals surface area contributed by atoms with Crippen LogP contribution in [-0.2, 0) is 16.0 Å². The minimum Gasteiger partial charge on any atom is -0.350 e. The van der Waals surface area contributed by atoms with Gasteiger partial charge in [0.2, 0.25) is 6.29 Å². The van der Waals surface area contributed by atoms with E-state index in [4.69, 9.17) is 14.5 Å². The van der Waals surface area contributed by atoms with Crippen LogP contribution in [0.1, 0.15) is 37.7 Å². The average molecular weight is 321 g/mol. The zero-order chi connectivity index (χ0) is 17.0. The van der Waals surface area contributed by atoms with E-state index in [-0.39, 0.29) is 11.9 Å². The smallest absolute Gasteiger partial charge is 0.200 e. The molecule has 0 aliphatic carbocycles. The molecule has 0 saturated heterocycles. The van der Waals surface area contributed by atoms with E-state index in [0.717, 1.165) is 22.8 Å². The maximum atomic E-state index is 13.2. The Morgan fingerprint density at radius 3 is 2.26 bits per heavy atom. The zero-order valence-corrected chi connectivity index (χ0v) is 14.3. The Bertz CT molecular complexity index is 634. The number of aromatic nitrogens is 2. The van der Waals surface area contributed by atoms with E-state index < -0.39 is 6.29 Å². The number of nitrogens with zero attached hydrogens (tertiary/aromatic N) is 2. The first-order chi connectivity index (χ1) is 11.0. The van der Waals surface area contributed by atoms with Crippen LogP contribution in [0.15, 0.2) is 24.3 Å². The van der Waals surface area contributed by atoms with Gasteiger partial charge in [-0.3, -0.25) is 0 Å². The van der Waals surface area contributed by atoms with Crippen molar-refractivity contribution in [1.29, 1.82) is 0 Å². The quantitative estimate of drug-likeness (QED) is 0.795. The minimum absolute atomic E-state index is 0.183. The topological polar surface area (TPSA) is 48.3 Å². The summed E-state index contributed by atoms with van der Waals surface area (Å²) in [6.07, 6.45) is -0.546. The van der Waals surface area contributed by atoms with Gasteiger partial charge in [-0.2, -0.15) is 0 Å². The second-order valence-corrected chi connectivity index (χ2v) is 5.57. The summed E-state index contributed by atoms with van der Waals surface area (Å²) in [7, 11) is 5.07. The van der Waals surface area contributed by atoms with Crippen LogP contribution in [0.3, 0.4) is 0 Å². The molecule has 0 unspecified atom stereocenters. The molecular weight excluding hydrogens is 297 g/mol. The summed E-state index contributed by atoms with van der Waals surface area (Å²) in [4.78, 5) is 4.76. The molecule has 126 valence electrons. The van der Waals surface area contributed by atoms with Crippen molar-refractivity contribution < 1.29 is 13.9 Å². The molecule has 6 heteroatoms. The Labute approximate surface area is 136 Å².